The molecule has 0 aromatic rings. The standard InChI is InChI=1S/C16H29NO3/c1-4-6-7-8-14-20-16(19)15(3)10-9-11-17(5-2)12-13-18/h9-11,18H,4-8,12-14H2,1-3H3/b11-9+,15-10+. The van der Waals surface area contributed by atoms with E-state index in [0.717, 1.165) is 19.4 Å². The highest BCUT2D eigenvalue weighted by molar-refractivity contribution is 5.88. The summed E-state index contributed by atoms with van der Waals surface area (Å²) in [5, 5.41) is 8.86. The molecular weight excluding hydrogens is 254 g/mol. The van der Waals surface area contributed by atoms with E-state index in [4.69, 9.17) is 9.84 Å². The molecule has 0 aliphatic heterocycles. The molecule has 0 saturated heterocycles. The first-order valence-corrected chi connectivity index (χ1v) is 7.52. The number of aliphatic hydroxyl groups is 1. The first-order chi connectivity index (χ1) is 9.65. The highest BCUT2D eigenvalue weighted by atomic mass is 16.5. The average Bonchev–Trinajstić information content (AvgIpc) is 2.45. The van der Waals surface area contributed by atoms with Crippen molar-refractivity contribution in [1.82, 2.24) is 4.90 Å². The molecule has 0 bridgehead atoms. The predicted octanol–water partition coefficient (Wildman–Crippen LogP) is 2.88. The van der Waals surface area contributed by atoms with E-state index in [0.29, 0.717) is 18.7 Å². The molecule has 0 fully saturated rings. The van der Waals surface area contributed by atoms with E-state index in [1.54, 1.807) is 13.0 Å². The van der Waals surface area contributed by atoms with Crippen LogP contribution in [0, 0.1) is 0 Å². The molecule has 0 aromatic carbocycles. The van der Waals surface area contributed by atoms with E-state index in [1.165, 1.54) is 12.8 Å². The zero-order chi connectivity index (χ0) is 15.2. The minimum atomic E-state index is -0.253. The lowest BCUT2D eigenvalue weighted by Gasteiger charge is -2.15. The van der Waals surface area contributed by atoms with Crippen LogP contribution in [-0.4, -0.2) is 42.3 Å². The molecule has 20 heavy (non-hydrogen) atoms. The van der Waals surface area contributed by atoms with Crippen molar-refractivity contribution >= 4 is 5.97 Å². The molecule has 0 saturated carbocycles. The third-order valence-corrected chi connectivity index (χ3v) is 2.99. The number of allylic oxidation sites excluding steroid dienone is 2. The fourth-order valence-electron chi connectivity index (χ4n) is 1.65. The number of hydrogen-bond acceptors (Lipinski definition) is 4. The zero-order valence-electron chi connectivity index (χ0n) is 13.1. The third-order valence-electron chi connectivity index (χ3n) is 2.99. The second kappa shape index (κ2) is 12.7. The number of ether oxygens (including phenoxy) is 1. The van der Waals surface area contributed by atoms with Crippen molar-refractivity contribution in [2.75, 3.05) is 26.3 Å². The minimum absolute atomic E-state index is 0.126. The van der Waals surface area contributed by atoms with Gasteiger partial charge in [-0.2, -0.15) is 0 Å². The monoisotopic (exact) mass is 283 g/mol. The molecule has 0 aromatic heterocycles. The Morgan fingerprint density at radius 3 is 2.60 bits per heavy atom. The third kappa shape index (κ3) is 9.62. The van der Waals surface area contributed by atoms with Crippen LogP contribution in [-0.2, 0) is 9.53 Å². The van der Waals surface area contributed by atoms with Crippen molar-refractivity contribution in [3.8, 4) is 0 Å². The summed E-state index contributed by atoms with van der Waals surface area (Å²) in [6, 6.07) is 0. The summed E-state index contributed by atoms with van der Waals surface area (Å²) in [6.45, 7) is 7.97. The van der Waals surface area contributed by atoms with Gasteiger partial charge in [0.1, 0.15) is 0 Å². The number of nitrogens with zero attached hydrogens (tertiary/aromatic N) is 1. The average molecular weight is 283 g/mol. The predicted molar refractivity (Wildman–Crippen MR) is 82.3 cm³/mol. The summed E-state index contributed by atoms with van der Waals surface area (Å²) in [7, 11) is 0. The number of rotatable bonds is 11. The Labute approximate surface area is 123 Å². The molecule has 0 rings (SSSR count). The fraction of sp³-hybridized carbons (Fsp3) is 0.688. The number of carbonyl (C=O) groups is 1. The van der Waals surface area contributed by atoms with Gasteiger partial charge in [0.2, 0.25) is 0 Å². The molecule has 1 N–H and O–H groups in total. The second-order valence-electron chi connectivity index (χ2n) is 4.74. The molecule has 0 atom stereocenters. The summed E-state index contributed by atoms with van der Waals surface area (Å²) in [5.41, 5.74) is 0.594. The summed E-state index contributed by atoms with van der Waals surface area (Å²) in [4.78, 5) is 13.6. The van der Waals surface area contributed by atoms with E-state index in [1.807, 2.05) is 24.1 Å². The number of unbranched alkanes of at least 4 members (excludes halogenated alkanes) is 3. The smallest absolute Gasteiger partial charge is 0.333 e. The van der Waals surface area contributed by atoms with Crippen molar-refractivity contribution in [1.29, 1.82) is 0 Å². The number of carbonyl (C=O) groups excluding carboxylic acids is 1. The normalized spacial score (nSPS) is 11.9. The maximum atomic E-state index is 11.7. The molecule has 4 heteroatoms. The summed E-state index contributed by atoms with van der Waals surface area (Å²) >= 11 is 0. The van der Waals surface area contributed by atoms with Gasteiger partial charge in [-0.05, 0) is 32.5 Å². The Bertz CT molecular complexity index is 311. The first kappa shape index (κ1) is 18.7. The lowest BCUT2D eigenvalue weighted by atomic mass is 10.2. The quantitative estimate of drug-likeness (QED) is 0.274. The highest BCUT2D eigenvalue weighted by Crippen LogP contribution is 2.02. The van der Waals surface area contributed by atoms with E-state index in [9.17, 15) is 4.79 Å². The molecule has 0 unspecified atom stereocenters. The number of likely N-dealkylation sites (N-methyl/N-ethyl adjacent to an activating group) is 1. The molecule has 0 heterocycles. The maximum absolute atomic E-state index is 11.7. The molecule has 0 aliphatic carbocycles. The fourth-order valence-corrected chi connectivity index (χ4v) is 1.65. The van der Waals surface area contributed by atoms with Gasteiger partial charge >= 0.3 is 5.97 Å². The van der Waals surface area contributed by atoms with Gasteiger partial charge in [-0.15, -0.1) is 0 Å². The minimum Gasteiger partial charge on any atom is -0.462 e. The molecule has 0 radical (unpaired) electrons. The van der Waals surface area contributed by atoms with Gasteiger partial charge in [0, 0.05) is 18.7 Å². The zero-order valence-corrected chi connectivity index (χ0v) is 13.1. The second-order valence-corrected chi connectivity index (χ2v) is 4.74. The SMILES string of the molecule is CCCCCCOC(=O)/C(C)=C/C=C/N(CC)CCO. The van der Waals surface area contributed by atoms with Gasteiger partial charge in [0.25, 0.3) is 0 Å². The van der Waals surface area contributed by atoms with Crippen LogP contribution < -0.4 is 0 Å². The van der Waals surface area contributed by atoms with Crippen molar-refractivity contribution < 1.29 is 14.6 Å². The van der Waals surface area contributed by atoms with E-state index in [2.05, 4.69) is 6.92 Å². The molecule has 116 valence electrons. The number of aliphatic hydroxyl groups excluding tert-OH is 1. The van der Waals surface area contributed by atoms with Gasteiger partial charge in [-0.25, -0.2) is 4.79 Å². The van der Waals surface area contributed by atoms with Crippen molar-refractivity contribution in [2.45, 2.75) is 46.5 Å². The highest BCUT2D eigenvalue weighted by Gasteiger charge is 2.03. The molecule has 0 spiro atoms. The summed E-state index contributed by atoms with van der Waals surface area (Å²) < 4.78 is 5.19. The Morgan fingerprint density at radius 1 is 1.25 bits per heavy atom. The Kier molecular flexibility index (Phi) is 11.9. The van der Waals surface area contributed by atoms with E-state index >= 15 is 0 Å². The number of hydrogen-bond donors (Lipinski definition) is 1. The summed E-state index contributed by atoms with van der Waals surface area (Å²) in [5.74, 6) is -0.253. The van der Waals surface area contributed by atoms with Gasteiger partial charge in [0.15, 0.2) is 0 Å². The Morgan fingerprint density at radius 2 is 2.00 bits per heavy atom. The van der Waals surface area contributed by atoms with Crippen LogP contribution in [0.15, 0.2) is 23.9 Å². The van der Waals surface area contributed by atoms with Gasteiger partial charge in [0.05, 0.1) is 13.2 Å². The van der Waals surface area contributed by atoms with Crippen LogP contribution in [0.5, 0.6) is 0 Å². The van der Waals surface area contributed by atoms with Crippen LogP contribution in [0.25, 0.3) is 0 Å². The van der Waals surface area contributed by atoms with Crippen molar-refractivity contribution in [2.24, 2.45) is 0 Å². The number of esters is 1. The van der Waals surface area contributed by atoms with Crippen LogP contribution in [0.4, 0.5) is 0 Å². The van der Waals surface area contributed by atoms with Crippen molar-refractivity contribution in [3.63, 3.8) is 0 Å². The Balaban J connectivity index is 4.02. The van der Waals surface area contributed by atoms with Gasteiger partial charge in [-0.1, -0.05) is 32.3 Å². The van der Waals surface area contributed by atoms with E-state index in [-0.39, 0.29) is 12.6 Å². The van der Waals surface area contributed by atoms with E-state index < -0.39 is 0 Å². The summed E-state index contributed by atoms with van der Waals surface area (Å²) in [6.07, 6.45) is 9.84. The van der Waals surface area contributed by atoms with Crippen LogP contribution >= 0.6 is 0 Å². The molecule has 0 aliphatic rings. The van der Waals surface area contributed by atoms with Crippen LogP contribution in [0.1, 0.15) is 46.5 Å². The lowest BCUT2D eigenvalue weighted by Crippen LogP contribution is -2.20. The molecule has 0 amide bonds. The van der Waals surface area contributed by atoms with Gasteiger partial charge in [-0.3, -0.25) is 0 Å². The molecular formula is C16H29NO3. The Hall–Kier alpha value is -1.29. The topological polar surface area (TPSA) is 49.8 Å². The largest absolute Gasteiger partial charge is 0.462 e. The van der Waals surface area contributed by atoms with Crippen LogP contribution in [0.2, 0.25) is 0 Å². The molecule has 4 nitrogen and oxygen atoms in total. The van der Waals surface area contributed by atoms with Crippen molar-refractivity contribution in [3.05, 3.63) is 23.9 Å². The maximum Gasteiger partial charge on any atom is 0.333 e. The lowest BCUT2D eigenvalue weighted by molar-refractivity contribution is -0.139. The van der Waals surface area contributed by atoms with Crippen LogP contribution in [0.3, 0.4) is 0 Å². The first-order valence-electron chi connectivity index (χ1n) is 7.52. The van der Waals surface area contributed by atoms with Gasteiger partial charge < -0.3 is 14.7 Å².